The number of ether oxygens (including phenoxy) is 4. The Morgan fingerprint density at radius 1 is 1.11 bits per heavy atom. The van der Waals surface area contributed by atoms with Crippen molar-refractivity contribution in [2.24, 2.45) is 17.8 Å². The maximum absolute atomic E-state index is 13.9. The number of Topliss-reactive ketones (excluding diaryl/α,β-unsaturated/α-hetero) is 1. The summed E-state index contributed by atoms with van der Waals surface area (Å²) in [7, 11) is 9.41. The van der Waals surface area contributed by atoms with Gasteiger partial charge < -0.3 is 38.8 Å². The van der Waals surface area contributed by atoms with E-state index in [9.17, 15) is 19.5 Å². The molecule has 46 heavy (non-hydrogen) atoms. The monoisotopic (exact) mass is 656 g/mol. The Kier molecular flexibility index (Phi) is 16.0. The van der Waals surface area contributed by atoms with Crippen molar-refractivity contribution in [1.82, 2.24) is 19.6 Å². The van der Waals surface area contributed by atoms with Crippen LogP contribution in [0.1, 0.15) is 67.7 Å². The van der Waals surface area contributed by atoms with Crippen molar-refractivity contribution >= 4 is 17.7 Å². The Bertz CT molecular complexity index is 983. The fourth-order valence-electron chi connectivity index (χ4n) is 6.72. The van der Waals surface area contributed by atoms with E-state index in [0.29, 0.717) is 19.4 Å². The van der Waals surface area contributed by atoms with Crippen molar-refractivity contribution in [3.63, 3.8) is 0 Å². The number of rotatable bonds is 7. The van der Waals surface area contributed by atoms with E-state index in [4.69, 9.17) is 18.9 Å². The first-order valence-electron chi connectivity index (χ1n) is 17.0. The van der Waals surface area contributed by atoms with Gasteiger partial charge in [0.15, 0.2) is 12.1 Å². The van der Waals surface area contributed by atoms with E-state index in [1.165, 1.54) is 0 Å². The van der Waals surface area contributed by atoms with Gasteiger partial charge in [0.25, 0.3) is 0 Å². The molecule has 0 radical (unpaired) electrons. The van der Waals surface area contributed by atoms with E-state index in [0.717, 1.165) is 19.5 Å². The highest BCUT2D eigenvalue weighted by atomic mass is 16.7. The molecule has 0 aliphatic carbocycles. The van der Waals surface area contributed by atoms with Crippen molar-refractivity contribution in [3.05, 3.63) is 0 Å². The predicted molar refractivity (Wildman–Crippen MR) is 177 cm³/mol. The fourth-order valence-corrected chi connectivity index (χ4v) is 6.72. The molecule has 268 valence electrons. The number of amides is 1. The highest BCUT2D eigenvalue weighted by Crippen LogP contribution is 2.36. The van der Waals surface area contributed by atoms with E-state index < -0.39 is 41.9 Å². The van der Waals surface area contributed by atoms with Gasteiger partial charge in [0.1, 0.15) is 18.6 Å². The normalized spacial score (nSPS) is 35.4. The third-order valence-electron chi connectivity index (χ3n) is 9.88. The van der Waals surface area contributed by atoms with Crippen LogP contribution in [0, 0.1) is 17.8 Å². The molecule has 0 aromatic carbocycles. The molecule has 12 nitrogen and oxygen atoms in total. The molecular weight excluding hydrogens is 592 g/mol. The molecule has 12 heteroatoms. The number of hydrogen-bond donors (Lipinski definition) is 1. The van der Waals surface area contributed by atoms with Gasteiger partial charge in [0, 0.05) is 38.2 Å². The van der Waals surface area contributed by atoms with E-state index in [-0.39, 0.29) is 55.5 Å². The second kappa shape index (κ2) is 18.2. The van der Waals surface area contributed by atoms with Crippen LogP contribution in [0.25, 0.3) is 0 Å². The number of cyclic esters (lactones) is 1. The fraction of sp³-hybridized carbons (Fsp3) is 0.912. The number of likely N-dealkylation sites (N-methyl/N-ethyl adjacent to an activating group) is 2. The number of hydrogen-bond acceptors (Lipinski definition) is 11. The minimum Gasteiger partial charge on any atom is -0.463 e. The number of carbonyl (C=O) groups is 3. The lowest BCUT2D eigenvalue weighted by atomic mass is 9.78. The second-order valence-electron chi connectivity index (χ2n) is 14.5. The summed E-state index contributed by atoms with van der Waals surface area (Å²) in [5, 5.41) is 11.3. The number of methoxy groups -OCH3 is 1. The highest BCUT2D eigenvalue weighted by molar-refractivity contribution is 6.00. The van der Waals surface area contributed by atoms with Crippen molar-refractivity contribution in [2.45, 2.75) is 110 Å². The van der Waals surface area contributed by atoms with Gasteiger partial charge in [-0.2, -0.15) is 0 Å². The largest absolute Gasteiger partial charge is 0.463 e. The molecule has 2 rings (SSSR count). The Morgan fingerprint density at radius 2 is 1.76 bits per heavy atom. The van der Waals surface area contributed by atoms with Gasteiger partial charge in [-0.05, 0) is 94.5 Å². The van der Waals surface area contributed by atoms with E-state index in [1.807, 2.05) is 58.6 Å². The maximum Gasteiger partial charge on any atom is 0.316 e. The first-order valence-corrected chi connectivity index (χ1v) is 17.0. The molecule has 1 unspecified atom stereocenters. The average Bonchev–Trinajstić information content (AvgIpc) is 2.98. The van der Waals surface area contributed by atoms with Gasteiger partial charge in [0.05, 0.1) is 30.9 Å². The van der Waals surface area contributed by atoms with Crippen molar-refractivity contribution < 1.29 is 38.4 Å². The number of esters is 1. The molecule has 1 N–H and O–H groups in total. The Hall–Kier alpha value is -1.67. The zero-order valence-corrected chi connectivity index (χ0v) is 30.7. The average molecular weight is 657 g/mol. The SMILES string of the molecule is CO[C@]1(C)C[C@@H](C)CN(C)CCCN(C(=O)CN(C)C(C)C)CCOC(=O)C(C)C(=O)[C@H](C)[C@H]1O[C@@H]1O[C@H](C)C[C@H](N(C)C)[C@H]1O. The number of nitrogens with zero attached hydrogens (tertiary/aromatic N) is 4. The topological polar surface area (TPSA) is 121 Å². The van der Waals surface area contributed by atoms with Crippen LogP contribution in [0.2, 0.25) is 0 Å². The summed E-state index contributed by atoms with van der Waals surface area (Å²) >= 11 is 0. The molecule has 0 bridgehead atoms. The minimum atomic E-state index is -1.07. The standard InChI is InChI=1S/C34H64N4O8/c1-22(2)37(11)21-28(39)38-15-13-14-36(10)20-23(3)19-34(7,43-12)31(25(5)29(40)26(6)32(42)44-17-16-38)46-33-30(41)27(35(8)9)18-24(4)45-33/h22-27,30-31,33,41H,13-21H2,1-12H3/t23-,24-,25+,26?,27+,30-,31-,33+,34-/m1/s1. The number of ketones is 1. The Morgan fingerprint density at radius 3 is 2.35 bits per heavy atom. The van der Waals surface area contributed by atoms with Crippen molar-refractivity contribution in [2.75, 3.05) is 74.6 Å². The molecule has 2 fully saturated rings. The summed E-state index contributed by atoms with van der Waals surface area (Å²) in [6, 6.07) is 0.0262. The van der Waals surface area contributed by atoms with E-state index >= 15 is 0 Å². The minimum absolute atomic E-state index is 0.00350. The lowest BCUT2D eigenvalue weighted by Gasteiger charge is -2.46. The maximum atomic E-state index is 13.9. The van der Waals surface area contributed by atoms with Gasteiger partial charge >= 0.3 is 5.97 Å². The number of aliphatic hydroxyl groups excluding tert-OH is 1. The molecule has 0 spiro atoms. The van der Waals surface area contributed by atoms with Gasteiger partial charge in [-0.15, -0.1) is 0 Å². The molecule has 2 aliphatic rings. The summed E-state index contributed by atoms with van der Waals surface area (Å²) < 4.78 is 24.5. The molecule has 1 amide bonds. The Balaban J connectivity index is 2.39. The first kappa shape index (κ1) is 40.5. The quantitative estimate of drug-likeness (QED) is 0.321. The zero-order chi connectivity index (χ0) is 34.9. The molecule has 0 saturated carbocycles. The van der Waals surface area contributed by atoms with Crippen LogP contribution in [0.4, 0.5) is 0 Å². The lowest BCUT2D eigenvalue weighted by Crippen LogP contribution is -2.59. The smallest absolute Gasteiger partial charge is 0.316 e. The molecule has 2 aliphatic heterocycles. The predicted octanol–water partition coefficient (Wildman–Crippen LogP) is 2.12. The summed E-state index contributed by atoms with van der Waals surface area (Å²) in [5.74, 6) is -2.72. The zero-order valence-electron chi connectivity index (χ0n) is 30.7. The highest BCUT2D eigenvalue weighted by Gasteiger charge is 2.48. The van der Waals surface area contributed by atoms with Crippen LogP contribution in [0.3, 0.4) is 0 Å². The molecule has 0 aromatic rings. The van der Waals surface area contributed by atoms with Crippen molar-refractivity contribution in [1.29, 1.82) is 0 Å². The molecule has 2 heterocycles. The molecular formula is C34H64N4O8. The van der Waals surface area contributed by atoms with Crippen LogP contribution < -0.4 is 0 Å². The molecule has 9 atom stereocenters. The van der Waals surface area contributed by atoms with Gasteiger partial charge in [-0.1, -0.05) is 13.8 Å². The van der Waals surface area contributed by atoms with Gasteiger partial charge in [0.2, 0.25) is 5.91 Å². The third kappa shape index (κ3) is 11.2. The van der Waals surface area contributed by atoms with Crippen LogP contribution >= 0.6 is 0 Å². The lowest BCUT2D eigenvalue weighted by molar-refractivity contribution is -0.295. The number of aliphatic hydroxyl groups is 1. The summed E-state index contributed by atoms with van der Waals surface area (Å²) in [6.07, 6.45) is -0.990. The van der Waals surface area contributed by atoms with E-state index in [2.05, 4.69) is 18.9 Å². The summed E-state index contributed by atoms with van der Waals surface area (Å²) in [4.78, 5) is 48.3. The van der Waals surface area contributed by atoms with Crippen LogP contribution in [0.5, 0.6) is 0 Å². The third-order valence-corrected chi connectivity index (χ3v) is 9.88. The summed E-state index contributed by atoms with van der Waals surface area (Å²) in [5.41, 5.74) is -0.948. The summed E-state index contributed by atoms with van der Waals surface area (Å²) in [6.45, 7) is 16.0. The van der Waals surface area contributed by atoms with Crippen LogP contribution in [-0.2, 0) is 33.3 Å². The second-order valence-corrected chi connectivity index (χ2v) is 14.5. The van der Waals surface area contributed by atoms with Gasteiger partial charge in [-0.25, -0.2) is 0 Å². The molecule has 0 aromatic heterocycles. The van der Waals surface area contributed by atoms with Crippen LogP contribution in [0.15, 0.2) is 0 Å². The Labute approximate surface area is 278 Å². The van der Waals surface area contributed by atoms with Gasteiger partial charge in [-0.3, -0.25) is 19.3 Å². The number of carbonyl (C=O) groups excluding carboxylic acids is 3. The van der Waals surface area contributed by atoms with Crippen molar-refractivity contribution in [3.8, 4) is 0 Å². The first-order chi connectivity index (χ1) is 21.4. The molecule has 2 saturated heterocycles. The van der Waals surface area contributed by atoms with E-state index in [1.54, 1.807) is 25.9 Å². The van der Waals surface area contributed by atoms with Crippen LogP contribution in [-0.4, -0.2) is 159 Å².